The fourth-order valence-electron chi connectivity index (χ4n) is 4.40. The number of rotatable bonds is 9. The number of nitrogens with zero attached hydrogens (tertiary/aromatic N) is 4. The minimum atomic E-state index is -0.669. The third-order valence-corrected chi connectivity index (χ3v) is 6.25. The van der Waals surface area contributed by atoms with Crippen molar-refractivity contribution >= 4 is 17.6 Å². The molecule has 0 radical (unpaired) electrons. The fraction of sp³-hybridized carbons (Fsp3) is 0.520. The van der Waals surface area contributed by atoms with E-state index in [4.69, 9.17) is 0 Å². The molecular formula is C25H34N6O3. The Labute approximate surface area is 200 Å². The second-order valence-electron chi connectivity index (χ2n) is 9.64. The van der Waals surface area contributed by atoms with Gasteiger partial charge in [-0.25, -0.2) is 9.97 Å². The SMILES string of the molecule is CC(C)CC(=O)N1CC(Nc2cc(C(=O)NC[C@H](O)CN3CCc4ccccc4C3)ncn2)C1. The van der Waals surface area contributed by atoms with E-state index < -0.39 is 6.10 Å². The summed E-state index contributed by atoms with van der Waals surface area (Å²) in [5.41, 5.74) is 2.90. The average Bonchev–Trinajstić information content (AvgIpc) is 2.79. The zero-order chi connectivity index (χ0) is 24.1. The van der Waals surface area contributed by atoms with Gasteiger partial charge < -0.3 is 20.6 Å². The number of amides is 2. The van der Waals surface area contributed by atoms with Crippen LogP contribution in [0.25, 0.3) is 0 Å². The lowest BCUT2D eigenvalue weighted by Gasteiger charge is -2.40. The maximum Gasteiger partial charge on any atom is 0.270 e. The minimum Gasteiger partial charge on any atom is -0.390 e. The molecule has 2 aliphatic rings. The number of aromatic nitrogens is 2. The Kier molecular flexibility index (Phi) is 7.74. The van der Waals surface area contributed by atoms with E-state index >= 15 is 0 Å². The van der Waals surface area contributed by atoms with Crippen LogP contribution in [0, 0.1) is 5.92 Å². The van der Waals surface area contributed by atoms with E-state index in [0.717, 1.165) is 19.5 Å². The predicted octanol–water partition coefficient (Wildman–Crippen LogP) is 1.29. The van der Waals surface area contributed by atoms with E-state index in [0.29, 0.717) is 37.8 Å². The van der Waals surface area contributed by atoms with Crippen LogP contribution in [0.5, 0.6) is 0 Å². The van der Waals surface area contributed by atoms with Gasteiger partial charge in [-0.2, -0.15) is 0 Å². The Morgan fingerprint density at radius 1 is 1.18 bits per heavy atom. The topological polar surface area (TPSA) is 111 Å². The van der Waals surface area contributed by atoms with Crippen molar-refractivity contribution in [2.24, 2.45) is 5.92 Å². The Morgan fingerprint density at radius 3 is 2.71 bits per heavy atom. The maximum absolute atomic E-state index is 12.6. The summed E-state index contributed by atoms with van der Waals surface area (Å²) in [6.07, 6.45) is 2.20. The van der Waals surface area contributed by atoms with E-state index in [-0.39, 0.29) is 30.1 Å². The number of nitrogens with one attached hydrogen (secondary N) is 2. The Bertz CT molecular complexity index is 1010. The number of aliphatic hydroxyl groups is 1. The van der Waals surface area contributed by atoms with Crippen molar-refractivity contribution in [3.05, 3.63) is 53.5 Å². The lowest BCUT2D eigenvalue weighted by atomic mass is 10.00. The van der Waals surface area contributed by atoms with Crippen LogP contribution in [-0.2, 0) is 17.8 Å². The third-order valence-electron chi connectivity index (χ3n) is 6.25. The van der Waals surface area contributed by atoms with Crippen molar-refractivity contribution in [3.8, 4) is 0 Å². The first-order valence-corrected chi connectivity index (χ1v) is 12.0. The largest absolute Gasteiger partial charge is 0.390 e. The number of hydrogen-bond donors (Lipinski definition) is 3. The van der Waals surface area contributed by atoms with Crippen LogP contribution >= 0.6 is 0 Å². The van der Waals surface area contributed by atoms with E-state index in [2.05, 4.69) is 43.7 Å². The number of aliphatic hydroxyl groups excluding tert-OH is 1. The molecule has 3 N–H and O–H groups in total. The number of likely N-dealkylation sites (tertiary alicyclic amines) is 1. The van der Waals surface area contributed by atoms with Crippen molar-refractivity contribution in [1.82, 2.24) is 25.1 Å². The molecule has 2 amide bonds. The fourth-order valence-corrected chi connectivity index (χ4v) is 4.40. The van der Waals surface area contributed by atoms with Crippen molar-refractivity contribution < 1.29 is 14.7 Å². The molecule has 1 fully saturated rings. The van der Waals surface area contributed by atoms with Crippen molar-refractivity contribution in [2.45, 2.75) is 45.4 Å². The van der Waals surface area contributed by atoms with Gasteiger partial charge in [-0.3, -0.25) is 14.5 Å². The van der Waals surface area contributed by atoms with Crippen LogP contribution in [0.15, 0.2) is 36.7 Å². The zero-order valence-electron chi connectivity index (χ0n) is 19.9. The smallest absolute Gasteiger partial charge is 0.270 e. The molecule has 2 aromatic rings. The number of hydrogen-bond acceptors (Lipinski definition) is 7. The minimum absolute atomic E-state index is 0.110. The Morgan fingerprint density at radius 2 is 1.94 bits per heavy atom. The number of carbonyl (C=O) groups excluding carboxylic acids is 2. The summed E-state index contributed by atoms with van der Waals surface area (Å²) in [5.74, 6) is 0.713. The van der Waals surface area contributed by atoms with Gasteiger partial charge in [-0.15, -0.1) is 0 Å². The highest BCUT2D eigenvalue weighted by Crippen LogP contribution is 2.19. The standard InChI is InChI=1S/C25H34N6O3/c1-17(2)9-24(33)31-13-20(14-31)29-23-10-22(27-16-28-23)25(34)26-11-21(32)15-30-8-7-18-5-3-4-6-19(18)12-30/h3-6,10,16-17,20-21,32H,7-9,11-15H2,1-2H3,(H,26,34)(H,27,28,29)/t21-/m0/s1. The zero-order valence-corrected chi connectivity index (χ0v) is 19.9. The summed E-state index contributed by atoms with van der Waals surface area (Å²) in [6.45, 7) is 7.68. The lowest BCUT2D eigenvalue weighted by molar-refractivity contribution is -0.135. The van der Waals surface area contributed by atoms with Gasteiger partial charge in [0.25, 0.3) is 5.91 Å². The number of fused-ring (bicyclic) bond motifs is 1. The molecule has 0 unspecified atom stereocenters. The van der Waals surface area contributed by atoms with Crippen LogP contribution < -0.4 is 10.6 Å². The van der Waals surface area contributed by atoms with Crippen LogP contribution in [0.4, 0.5) is 5.82 Å². The molecule has 0 saturated carbocycles. The summed E-state index contributed by atoms with van der Waals surface area (Å²) >= 11 is 0. The first kappa shape index (κ1) is 24.1. The number of carbonyl (C=O) groups is 2. The Hall–Kier alpha value is -3.04. The molecule has 1 saturated heterocycles. The number of benzene rings is 1. The Balaban J connectivity index is 1.20. The molecule has 1 aromatic carbocycles. The second kappa shape index (κ2) is 10.9. The maximum atomic E-state index is 12.6. The van der Waals surface area contributed by atoms with Gasteiger partial charge >= 0.3 is 0 Å². The molecule has 3 heterocycles. The van der Waals surface area contributed by atoms with Crippen molar-refractivity contribution in [2.75, 3.05) is 38.0 Å². The van der Waals surface area contributed by atoms with Gasteiger partial charge in [0.1, 0.15) is 17.8 Å². The molecule has 1 atom stereocenters. The average molecular weight is 467 g/mol. The summed E-state index contributed by atoms with van der Waals surface area (Å²) in [6, 6.07) is 10.1. The van der Waals surface area contributed by atoms with Crippen LogP contribution in [0.2, 0.25) is 0 Å². The van der Waals surface area contributed by atoms with Crippen molar-refractivity contribution in [3.63, 3.8) is 0 Å². The van der Waals surface area contributed by atoms with Gasteiger partial charge in [0.05, 0.1) is 12.1 Å². The first-order valence-electron chi connectivity index (χ1n) is 12.0. The molecule has 182 valence electrons. The lowest BCUT2D eigenvalue weighted by Crippen LogP contribution is -2.57. The van der Waals surface area contributed by atoms with Crippen molar-refractivity contribution in [1.29, 1.82) is 0 Å². The molecule has 0 spiro atoms. The van der Waals surface area contributed by atoms with E-state index in [1.807, 2.05) is 24.8 Å². The van der Waals surface area contributed by atoms with Gasteiger partial charge in [0, 0.05) is 51.8 Å². The highest BCUT2D eigenvalue weighted by Gasteiger charge is 2.31. The summed E-state index contributed by atoms with van der Waals surface area (Å²) < 4.78 is 0. The molecule has 9 nitrogen and oxygen atoms in total. The normalized spacial score (nSPS) is 17.1. The highest BCUT2D eigenvalue weighted by atomic mass is 16.3. The van der Waals surface area contributed by atoms with E-state index in [9.17, 15) is 14.7 Å². The molecule has 0 aliphatic carbocycles. The highest BCUT2D eigenvalue weighted by molar-refractivity contribution is 5.92. The second-order valence-corrected chi connectivity index (χ2v) is 9.64. The van der Waals surface area contributed by atoms with E-state index in [1.165, 1.54) is 17.5 Å². The molecule has 9 heteroatoms. The van der Waals surface area contributed by atoms with Crippen LogP contribution in [-0.4, -0.2) is 81.6 Å². The summed E-state index contributed by atoms with van der Waals surface area (Å²) in [4.78, 5) is 36.9. The van der Waals surface area contributed by atoms with Gasteiger partial charge in [-0.1, -0.05) is 38.1 Å². The van der Waals surface area contributed by atoms with Gasteiger partial charge in [-0.05, 0) is 23.5 Å². The molecular weight excluding hydrogens is 432 g/mol. The van der Waals surface area contributed by atoms with E-state index in [1.54, 1.807) is 6.07 Å². The summed E-state index contributed by atoms with van der Waals surface area (Å²) in [5, 5.41) is 16.5. The molecule has 0 bridgehead atoms. The molecule has 34 heavy (non-hydrogen) atoms. The quantitative estimate of drug-likeness (QED) is 0.511. The monoisotopic (exact) mass is 466 g/mol. The van der Waals surface area contributed by atoms with Crippen LogP contribution in [0.1, 0.15) is 41.9 Å². The first-order chi connectivity index (χ1) is 16.4. The van der Waals surface area contributed by atoms with Gasteiger partial charge in [0.15, 0.2) is 0 Å². The van der Waals surface area contributed by atoms with Crippen LogP contribution in [0.3, 0.4) is 0 Å². The molecule has 2 aliphatic heterocycles. The number of β-amino-alcohol motifs (C(OH)–C–C–N with tert-alkyl or cyclic N) is 1. The molecule has 1 aromatic heterocycles. The summed E-state index contributed by atoms with van der Waals surface area (Å²) in [7, 11) is 0. The van der Waals surface area contributed by atoms with Gasteiger partial charge in [0.2, 0.25) is 5.91 Å². The predicted molar refractivity (Wildman–Crippen MR) is 129 cm³/mol. The third kappa shape index (κ3) is 6.30. The number of anilines is 1. The molecule has 4 rings (SSSR count).